The minimum atomic E-state index is -0.200. The molecular formula is C26H23N7O. The third-order valence-corrected chi connectivity index (χ3v) is 5.58. The van der Waals surface area contributed by atoms with Crippen molar-refractivity contribution in [3.63, 3.8) is 0 Å². The number of hydrogen-bond donors (Lipinski definition) is 1. The Balaban J connectivity index is 1.57. The number of carbonyl (C=O) groups excluding carboxylic acids is 1. The Hall–Kier alpha value is -4.46. The second-order valence-corrected chi connectivity index (χ2v) is 8.19. The average molecular weight is 450 g/mol. The molecule has 8 nitrogen and oxygen atoms in total. The van der Waals surface area contributed by atoms with Crippen molar-refractivity contribution in [3.8, 4) is 16.8 Å². The number of aryl methyl sites for hydroxylation is 3. The molecule has 3 heterocycles. The SMILES string of the molecule is Cc1ccc(-c2cc(C(=O)NCc3cnc(C)cn3)cc(-n3c(C)nc4cncnc43)c2)cc1. The Labute approximate surface area is 196 Å². The van der Waals surface area contributed by atoms with Gasteiger partial charge in [0.25, 0.3) is 5.91 Å². The lowest BCUT2D eigenvalue weighted by Gasteiger charge is -2.13. The summed E-state index contributed by atoms with van der Waals surface area (Å²) in [6.07, 6.45) is 6.54. The number of hydrogen-bond acceptors (Lipinski definition) is 6. The van der Waals surface area contributed by atoms with Gasteiger partial charge in [0.1, 0.15) is 17.7 Å². The monoisotopic (exact) mass is 449 g/mol. The first-order chi connectivity index (χ1) is 16.5. The summed E-state index contributed by atoms with van der Waals surface area (Å²) in [5.41, 5.74) is 7.36. The predicted octanol–water partition coefficient (Wildman–Crippen LogP) is 4.13. The number of aromatic nitrogens is 6. The van der Waals surface area contributed by atoms with E-state index in [0.29, 0.717) is 22.4 Å². The summed E-state index contributed by atoms with van der Waals surface area (Å²) in [4.78, 5) is 34.8. The van der Waals surface area contributed by atoms with Crippen molar-refractivity contribution in [2.24, 2.45) is 0 Å². The molecule has 0 fully saturated rings. The Bertz CT molecular complexity index is 1490. The highest BCUT2D eigenvalue weighted by atomic mass is 16.1. The smallest absolute Gasteiger partial charge is 0.251 e. The molecule has 2 aromatic carbocycles. The topological polar surface area (TPSA) is 98.5 Å². The number of imidazole rings is 1. The van der Waals surface area contributed by atoms with Gasteiger partial charge < -0.3 is 5.32 Å². The van der Waals surface area contributed by atoms with Crippen LogP contribution in [0.15, 0.2) is 67.4 Å². The van der Waals surface area contributed by atoms with E-state index < -0.39 is 0 Å². The fourth-order valence-corrected chi connectivity index (χ4v) is 3.82. The molecule has 8 heteroatoms. The summed E-state index contributed by atoms with van der Waals surface area (Å²) in [7, 11) is 0. The first-order valence-corrected chi connectivity index (χ1v) is 10.9. The van der Waals surface area contributed by atoms with Crippen molar-refractivity contribution in [1.29, 1.82) is 0 Å². The van der Waals surface area contributed by atoms with Gasteiger partial charge in [-0.25, -0.2) is 15.0 Å². The molecule has 3 aromatic heterocycles. The van der Waals surface area contributed by atoms with Crippen molar-refractivity contribution in [1.82, 2.24) is 34.8 Å². The number of amides is 1. The van der Waals surface area contributed by atoms with Crippen molar-refractivity contribution >= 4 is 17.1 Å². The van der Waals surface area contributed by atoms with Gasteiger partial charge in [0.15, 0.2) is 5.65 Å². The number of carbonyl (C=O) groups is 1. The highest BCUT2D eigenvalue weighted by molar-refractivity contribution is 5.96. The maximum Gasteiger partial charge on any atom is 0.251 e. The van der Waals surface area contributed by atoms with E-state index in [1.54, 1.807) is 18.6 Å². The van der Waals surface area contributed by atoms with Gasteiger partial charge in [0, 0.05) is 11.8 Å². The Kier molecular flexibility index (Phi) is 5.55. The second kappa shape index (κ2) is 8.82. The molecule has 0 saturated carbocycles. The summed E-state index contributed by atoms with van der Waals surface area (Å²) in [6.45, 7) is 6.13. The maximum absolute atomic E-state index is 13.2. The molecule has 1 N–H and O–H groups in total. The quantitative estimate of drug-likeness (QED) is 0.433. The van der Waals surface area contributed by atoms with Crippen LogP contribution >= 0.6 is 0 Å². The number of nitrogens with zero attached hydrogens (tertiary/aromatic N) is 6. The van der Waals surface area contributed by atoms with Crippen LogP contribution in [0.1, 0.15) is 33.1 Å². The van der Waals surface area contributed by atoms with Crippen molar-refractivity contribution < 1.29 is 4.79 Å². The number of fused-ring (bicyclic) bond motifs is 1. The molecular weight excluding hydrogens is 426 g/mol. The van der Waals surface area contributed by atoms with E-state index in [-0.39, 0.29) is 12.5 Å². The molecule has 0 spiro atoms. The van der Waals surface area contributed by atoms with Crippen LogP contribution < -0.4 is 5.32 Å². The van der Waals surface area contributed by atoms with Gasteiger partial charge in [-0.3, -0.25) is 19.3 Å². The first-order valence-electron chi connectivity index (χ1n) is 10.9. The zero-order valence-electron chi connectivity index (χ0n) is 19.1. The lowest BCUT2D eigenvalue weighted by atomic mass is 10.0. The van der Waals surface area contributed by atoms with Crippen molar-refractivity contribution in [2.75, 3.05) is 0 Å². The molecule has 0 aliphatic carbocycles. The lowest BCUT2D eigenvalue weighted by Crippen LogP contribution is -2.23. The highest BCUT2D eigenvalue weighted by Gasteiger charge is 2.16. The summed E-state index contributed by atoms with van der Waals surface area (Å²) in [5, 5.41) is 2.95. The summed E-state index contributed by atoms with van der Waals surface area (Å²) in [6, 6.07) is 14.0. The molecule has 34 heavy (non-hydrogen) atoms. The fourth-order valence-electron chi connectivity index (χ4n) is 3.82. The van der Waals surface area contributed by atoms with Crippen LogP contribution in [0, 0.1) is 20.8 Å². The van der Waals surface area contributed by atoms with Crippen LogP contribution in [0.25, 0.3) is 28.0 Å². The standard InChI is InChI=1S/C26H23N7O/c1-16-4-6-19(7-5-16)20-8-21(26(34)30-13-22-12-28-17(2)11-29-22)10-23(9-20)33-18(3)32-24-14-27-15-31-25(24)33/h4-12,14-15H,13H2,1-3H3,(H,30,34). The van der Waals surface area contributed by atoms with E-state index in [1.807, 2.05) is 43.5 Å². The van der Waals surface area contributed by atoms with E-state index in [9.17, 15) is 4.79 Å². The van der Waals surface area contributed by atoms with Gasteiger partial charge in [0.2, 0.25) is 0 Å². The normalized spacial score (nSPS) is 11.0. The summed E-state index contributed by atoms with van der Waals surface area (Å²) < 4.78 is 1.94. The third kappa shape index (κ3) is 4.25. The molecule has 0 atom stereocenters. The largest absolute Gasteiger partial charge is 0.346 e. The Morgan fingerprint density at radius 3 is 2.50 bits per heavy atom. The van der Waals surface area contributed by atoms with Crippen LogP contribution in [-0.2, 0) is 6.54 Å². The van der Waals surface area contributed by atoms with Gasteiger partial charge in [0.05, 0.1) is 36.0 Å². The predicted molar refractivity (Wildman–Crippen MR) is 130 cm³/mol. The molecule has 168 valence electrons. The summed E-state index contributed by atoms with van der Waals surface area (Å²) in [5.74, 6) is 0.562. The number of rotatable bonds is 5. The summed E-state index contributed by atoms with van der Waals surface area (Å²) >= 11 is 0. The zero-order chi connectivity index (χ0) is 23.7. The fraction of sp³-hybridized carbons (Fsp3) is 0.154. The van der Waals surface area contributed by atoms with E-state index >= 15 is 0 Å². The third-order valence-electron chi connectivity index (χ3n) is 5.58. The van der Waals surface area contributed by atoms with Crippen LogP contribution in [-0.4, -0.2) is 35.4 Å². The Morgan fingerprint density at radius 2 is 1.74 bits per heavy atom. The molecule has 0 bridgehead atoms. The van der Waals surface area contributed by atoms with Crippen molar-refractivity contribution in [3.05, 3.63) is 95.7 Å². The van der Waals surface area contributed by atoms with Crippen molar-refractivity contribution in [2.45, 2.75) is 27.3 Å². The average Bonchev–Trinajstić information content (AvgIpc) is 3.19. The minimum Gasteiger partial charge on any atom is -0.346 e. The number of benzene rings is 2. The Morgan fingerprint density at radius 1 is 0.912 bits per heavy atom. The van der Waals surface area contributed by atoms with Gasteiger partial charge in [-0.2, -0.15) is 0 Å². The molecule has 0 saturated heterocycles. The van der Waals surface area contributed by atoms with E-state index in [2.05, 4.69) is 54.5 Å². The highest BCUT2D eigenvalue weighted by Crippen LogP contribution is 2.27. The minimum absolute atomic E-state index is 0.200. The van der Waals surface area contributed by atoms with Crippen LogP contribution in [0.2, 0.25) is 0 Å². The van der Waals surface area contributed by atoms with E-state index in [0.717, 1.165) is 28.3 Å². The molecule has 0 aliphatic rings. The van der Waals surface area contributed by atoms with Gasteiger partial charge in [-0.1, -0.05) is 29.8 Å². The van der Waals surface area contributed by atoms with Crippen LogP contribution in [0.4, 0.5) is 0 Å². The molecule has 5 aromatic rings. The van der Waals surface area contributed by atoms with E-state index in [1.165, 1.54) is 11.9 Å². The lowest BCUT2D eigenvalue weighted by molar-refractivity contribution is 0.0950. The molecule has 0 radical (unpaired) electrons. The zero-order valence-corrected chi connectivity index (χ0v) is 19.1. The molecule has 0 aliphatic heterocycles. The van der Waals surface area contributed by atoms with Gasteiger partial charge in [-0.05, 0) is 50.1 Å². The van der Waals surface area contributed by atoms with Gasteiger partial charge in [-0.15, -0.1) is 0 Å². The molecule has 5 rings (SSSR count). The molecule has 1 amide bonds. The second-order valence-electron chi connectivity index (χ2n) is 8.19. The van der Waals surface area contributed by atoms with E-state index in [4.69, 9.17) is 0 Å². The molecule has 0 unspecified atom stereocenters. The van der Waals surface area contributed by atoms with Crippen LogP contribution in [0.5, 0.6) is 0 Å². The van der Waals surface area contributed by atoms with Crippen LogP contribution in [0.3, 0.4) is 0 Å². The van der Waals surface area contributed by atoms with Gasteiger partial charge >= 0.3 is 0 Å². The maximum atomic E-state index is 13.2. The first kappa shape index (κ1) is 21.4. The number of nitrogens with one attached hydrogen (secondary N) is 1.